The summed E-state index contributed by atoms with van der Waals surface area (Å²) in [7, 11) is 0. The SMILES string of the molecule is Nc1nnc(-c2ccc(Br)cn2)o1. The number of pyridine rings is 1. The molecule has 2 N–H and O–H groups in total. The van der Waals surface area contributed by atoms with Gasteiger partial charge in [0.25, 0.3) is 5.89 Å². The van der Waals surface area contributed by atoms with E-state index in [0.717, 1.165) is 4.47 Å². The summed E-state index contributed by atoms with van der Waals surface area (Å²) in [6, 6.07) is 3.64. The highest BCUT2D eigenvalue weighted by molar-refractivity contribution is 9.10. The Balaban J connectivity index is 2.41. The van der Waals surface area contributed by atoms with Crippen LogP contribution in [0.3, 0.4) is 0 Å². The maximum atomic E-state index is 5.27. The number of anilines is 1. The van der Waals surface area contributed by atoms with Gasteiger partial charge in [-0.2, -0.15) is 0 Å². The number of hydrogen-bond acceptors (Lipinski definition) is 5. The molecule has 0 atom stereocenters. The summed E-state index contributed by atoms with van der Waals surface area (Å²) in [6.45, 7) is 0. The molecular weight excluding hydrogens is 236 g/mol. The van der Waals surface area contributed by atoms with Crippen LogP contribution in [0.15, 0.2) is 27.2 Å². The summed E-state index contributed by atoms with van der Waals surface area (Å²) in [5, 5.41) is 7.22. The van der Waals surface area contributed by atoms with Crippen LogP contribution in [0.2, 0.25) is 0 Å². The van der Waals surface area contributed by atoms with Crippen molar-refractivity contribution in [3.05, 3.63) is 22.8 Å². The van der Waals surface area contributed by atoms with E-state index in [1.165, 1.54) is 0 Å². The summed E-state index contributed by atoms with van der Waals surface area (Å²) in [5.41, 5.74) is 5.87. The van der Waals surface area contributed by atoms with Gasteiger partial charge in [0, 0.05) is 10.7 Å². The third kappa shape index (κ3) is 1.67. The summed E-state index contributed by atoms with van der Waals surface area (Å²) in [6.07, 6.45) is 1.65. The summed E-state index contributed by atoms with van der Waals surface area (Å²) in [4.78, 5) is 4.06. The highest BCUT2D eigenvalue weighted by Crippen LogP contribution is 2.17. The minimum absolute atomic E-state index is 0.0414. The van der Waals surface area contributed by atoms with Gasteiger partial charge in [0.05, 0.1) is 0 Å². The van der Waals surface area contributed by atoms with Crippen molar-refractivity contribution < 1.29 is 4.42 Å². The number of nitrogens with two attached hydrogens (primary N) is 1. The summed E-state index contributed by atoms with van der Waals surface area (Å²) < 4.78 is 5.88. The predicted octanol–water partition coefficient (Wildman–Crippen LogP) is 1.48. The molecule has 0 aliphatic rings. The van der Waals surface area contributed by atoms with Crippen LogP contribution in [0.4, 0.5) is 6.01 Å². The molecule has 0 aromatic carbocycles. The summed E-state index contributed by atoms with van der Waals surface area (Å²) in [5.74, 6) is 0.324. The van der Waals surface area contributed by atoms with Crippen LogP contribution in [0.1, 0.15) is 0 Å². The number of hydrogen-bond donors (Lipinski definition) is 1. The Hall–Kier alpha value is -1.43. The van der Waals surface area contributed by atoms with Gasteiger partial charge in [-0.15, -0.1) is 5.10 Å². The van der Waals surface area contributed by atoms with Crippen molar-refractivity contribution in [1.29, 1.82) is 0 Å². The van der Waals surface area contributed by atoms with Crippen LogP contribution in [0, 0.1) is 0 Å². The molecule has 0 saturated carbocycles. The third-order valence-electron chi connectivity index (χ3n) is 1.39. The third-order valence-corrected chi connectivity index (χ3v) is 1.86. The minimum atomic E-state index is 0.0414. The van der Waals surface area contributed by atoms with Gasteiger partial charge in [-0.05, 0) is 28.1 Å². The second kappa shape index (κ2) is 3.14. The molecule has 0 bridgehead atoms. The smallest absolute Gasteiger partial charge is 0.313 e. The van der Waals surface area contributed by atoms with E-state index in [0.29, 0.717) is 11.6 Å². The van der Waals surface area contributed by atoms with Crippen molar-refractivity contribution in [2.24, 2.45) is 0 Å². The lowest BCUT2D eigenvalue weighted by Gasteiger charge is -1.92. The number of aromatic nitrogens is 3. The molecular formula is C7H5BrN4O. The molecule has 6 heteroatoms. The molecule has 5 nitrogen and oxygen atoms in total. The molecule has 0 aliphatic carbocycles. The van der Waals surface area contributed by atoms with E-state index >= 15 is 0 Å². The zero-order chi connectivity index (χ0) is 9.26. The fourth-order valence-corrected chi connectivity index (χ4v) is 1.07. The lowest BCUT2D eigenvalue weighted by molar-refractivity contribution is 0.587. The van der Waals surface area contributed by atoms with E-state index < -0.39 is 0 Å². The van der Waals surface area contributed by atoms with Crippen molar-refractivity contribution >= 4 is 21.9 Å². The molecule has 0 radical (unpaired) electrons. The highest BCUT2D eigenvalue weighted by atomic mass is 79.9. The Morgan fingerprint density at radius 3 is 2.69 bits per heavy atom. The molecule has 0 spiro atoms. The number of halogens is 1. The first-order valence-electron chi connectivity index (χ1n) is 3.46. The summed E-state index contributed by atoms with van der Waals surface area (Å²) >= 11 is 3.27. The lowest BCUT2D eigenvalue weighted by atomic mass is 10.3. The van der Waals surface area contributed by atoms with Crippen LogP contribution in [-0.2, 0) is 0 Å². The van der Waals surface area contributed by atoms with Gasteiger partial charge >= 0.3 is 6.01 Å². The zero-order valence-corrected chi connectivity index (χ0v) is 8.02. The Morgan fingerprint density at radius 1 is 1.31 bits per heavy atom. The molecule has 66 valence electrons. The van der Waals surface area contributed by atoms with Crippen molar-refractivity contribution in [3.8, 4) is 11.6 Å². The van der Waals surface area contributed by atoms with E-state index in [4.69, 9.17) is 10.2 Å². The molecule has 0 aliphatic heterocycles. The van der Waals surface area contributed by atoms with Gasteiger partial charge in [-0.25, -0.2) is 4.98 Å². The Kier molecular flexibility index (Phi) is 1.97. The quantitative estimate of drug-likeness (QED) is 0.817. The minimum Gasteiger partial charge on any atom is -0.402 e. The van der Waals surface area contributed by atoms with Crippen molar-refractivity contribution in [2.45, 2.75) is 0 Å². The first kappa shape index (κ1) is 8.18. The molecule has 0 saturated heterocycles. The van der Waals surface area contributed by atoms with E-state index in [-0.39, 0.29) is 6.01 Å². The van der Waals surface area contributed by atoms with Gasteiger partial charge in [-0.3, -0.25) is 0 Å². The van der Waals surface area contributed by atoms with Crippen LogP contribution in [0.25, 0.3) is 11.6 Å². The molecule has 0 unspecified atom stereocenters. The molecule has 2 heterocycles. The maximum absolute atomic E-state index is 5.27. The molecule has 0 fully saturated rings. The molecule has 13 heavy (non-hydrogen) atoms. The maximum Gasteiger partial charge on any atom is 0.313 e. The molecule has 2 rings (SSSR count). The van der Waals surface area contributed by atoms with Crippen LogP contribution in [0.5, 0.6) is 0 Å². The largest absolute Gasteiger partial charge is 0.402 e. The number of rotatable bonds is 1. The van der Waals surface area contributed by atoms with Gasteiger partial charge in [0.15, 0.2) is 0 Å². The monoisotopic (exact) mass is 240 g/mol. The number of nitrogens with zero attached hydrogens (tertiary/aromatic N) is 3. The standard InChI is InChI=1S/C7H5BrN4O/c8-4-1-2-5(10-3-4)6-11-12-7(9)13-6/h1-3H,(H2,9,12). The van der Waals surface area contributed by atoms with E-state index in [2.05, 4.69) is 31.1 Å². The average molecular weight is 241 g/mol. The predicted molar refractivity (Wildman–Crippen MR) is 49.6 cm³/mol. The van der Waals surface area contributed by atoms with E-state index in [9.17, 15) is 0 Å². The normalized spacial score (nSPS) is 10.2. The Morgan fingerprint density at radius 2 is 2.15 bits per heavy atom. The van der Waals surface area contributed by atoms with E-state index in [1.807, 2.05) is 6.07 Å². The van der Waals surface area contributed by atoms with Crippen molar-refractivity contribution in [3.63, 3.8) is 0 Å². The Bertz CT molecular complexity index is 411. The second-order valence-corrected chi connectivity index (χ2v) is 3.22. The topological polar surface area (TPSA) is 77.8 Å². The fraction of sp³-hybridized carbons (Fsp3) is 0. The highest BCUT2D eigenvalue weighted by Gasteiger charge is 2.06. The van der Waals surface area contributed by atoms with Crippen LogP contribution in [-0.4, -0.2) is 15.2 Å². The molecule has 0 amide bonds. The van der Waals surface area contributed by atoms with Crippen LogP contribution < -0.4 is 5.73 Å². The van der Waals surface area contributed by atoms with Gasteiger partial charge in [-0.1, -0.05) is 5.10 Å². The lowest BCUT2D eigenvalue weighted by Crippen LogP contribution is -1.82. The second-order valence-electron chi connectivity index (χ2n) is 2.31. The zero-order valence-electron chi connectivity index (χ0n) is 6.44. The van der Waals surface area contributed by atoms with Gasteiger partial charge in [0.2, 0.25) is 0 Å². The number of nitrogen functional groups attached to an aromatic ring is 1. The van der Waals surface area contributed by atoms with Gasteiger partial charge in [0.1, 0.15) is 5.69 Å². The molecule has 2 aromatic rings. The van der Waals surface area contributed by atoms with Crippen molar-refractivity contribution in [1.82, 2.24) is 15.2 Å². The first-order valence-corrected chi connectivity index (χ1v) is 4.26. The average Bonchev–Trinajstić information content (AvgIpc) is 2.53. The van der Waals surface area contributed by atoms with E-state index in [1.54, 1.807) is 12.3 Å². The fourth-order valence-electron chi connectivity index (χ4n) is 0.840. The molecule has 2 aromatic heterocycles. The van der Waals surface area contributed by atoms with Gasteiger partial charge < -0.3 is 10.2 Å². The Labute approximate surface area is 82.1 Å². The first-order chi connectivity index (χ1) is 6.25. The van der Waals surface area contributed by atoms with Crippen molar-refractivity contribution in [2.75, 3.05) is 5.73 Å². The van der Waals surface area contributed by atoms with Crippen LogP contribution >= 0.6 is 15.9 Å².